The summed E-state index contributed by atoms with van der Waals surface area (Å²) in [5, 5.41) is 19.7. The van der Waals surface area contributed by atoms with Gasteiger partial charge >= 0.3 is 0 Å². The fraction of sp³-hybridized carbons (Fsp3) is 0.100. The molecule has 1 aromatic carbocycles. The van der Waals surface area contributed by atoms with E-state index in [0.717, 1.165) is 32.9 Å². The molecule has 0 saturated heterocycles. The first-order valence-electron chi connectivity index (χ1n) is 8.94. The van der Waals surface area contributed by atoms with E-state index in [0.29, 0.717) is 17.5 Å². The van der Waals surface area contributed by atoms with Gasteiger partial charge in [-0.2, -0.15) is 16.3 Å². The summed E-state index contributed by atoms with van der Waals surface area (Å²) in [5.41, 5.74) is 1.83. The highest BCUT2D eigenvalue weighted by Gasteiger charge is 2.20. The predicted octanol–water partition coefficient (Wildman–Crippen LogP) is 5.41. The lowest BCUT2D eigenvalue weighted by Gasteiger charge is -2.12. The van der Waals surface area contributed by atoms with Gasteiger partial charge < -0.3 is 9.26 Å². The Bertz CT molecular complexity index is 1250. The Hall–Kier alpha value is -2.95. The molecule has 7 nitrogen and oxygen atoms in total. The van der Waals surface area contributed by atoms with E-state index in [1.54, 1.807) is 29.8 Å². The van der Waals surface area contributed by atoms with Crippen LogP contribution in [0, 0.1) is 0 Å². The number of methoxy groups -OCH3 is 1. The molecule has 0 N–H and O–H groups in total. The number of thiophene rings is 2. The van der Waals surface area contributed by atoms with E-state index in [9.17, 15) is 0 Å². The van der Waals surface area contributed by atoms with Crippen LogP contribution < -0.4 is 4.74 Å². The van der Waals surface area contributed by atoms with Crippen LogP contribution in [0.5, 0.6) is 5.75 Å². The van der Waals surface area contributed by atoms with E-state index >= 15 is 0 Å². The van der Waals surface area contributed by atoms with Gasteiger partial charge in [-0.25, -0.2) is 0 Å². The molecule has 0 aliphatic carbocycles. The average molecular weight is 454 g/mol. The fourth-order valence-electron chi connectivity index (χ4n) is 2.91. The first-order chi connectivity index (χ1) is 14.8. The van der Waals surface area contributed by atoms with Crippen LogP contribution in [0.3, 0.4) is 0 Å². The second kappa shape index (κ2) is 8.42. The summed E-state index contributed by atoms with van der Waals surface area (Å²) < 4.78 is 13.0. The molecule has 0 unspecified atom stereocenters. The van der Waals surface area contributed by atoms with Gasteiger partial charge in [-0.1, -0.05) is 35.1 Å². The summed E-state index contributed by atoms with van der Waals surface area (Å²) in [5.74, 6) is 3.12. The van der Waals surface area contributed by atoms with Gasteiger partial charge in [-0.3, -0.25) is 4.57 Å². The third kappa shape index (κ3) is 3.64. The minimum atomic E-state index is 0.481. The first kappa shape index (κ1) is 19.0. The highest BCUT2D eigenvalue weighted by molar-refractivity contribution is 7.98. The van der Waals surface area contributed by atoms with Crippen LogP contribution in [-0.4, -0.2) is 32.0 Å². The van der Waals surface area contributed by atoms with E-state index in [1.807, 2.05) is 63.2 Å². The summed E-state index contributed by atoms with van der Waals surface area (Å²) in [4.78, 5) is 5.51. The van der Waals surface area contributed by atoms with Gasteiger partial charge in [0.05, 0.1) is 23.4 Å². The number of thioether (sulfide) groups is 1. The molecule has 0 fully saturated rings. The van der Waals surface area contributed by atoms with Crippen molar-refractivity contribution < 1.29 is 9.26 Å². The first-order valence-corrected chi connectivity index (χ1v) is 11.7. The monoisotopic (exact) mass is 453 g/mol. The summed E-state index contributed by atoms with van der Waals surface area (Å²) >= 11 is 4.70. The molecule has 4 heterocycles. The van der Waals surface area contributed by atoms with Gasteiger partial charge in [0.2, 0.25) is 11.7 Å². The zero-order valence-corrected chi connectivity index (χ0v) is 18.2. The number of nitrogens with zero attached hydrogens (tertiary/aromatic N) is 5. The third-order valence-electron chi connectivity index (χ3n) is 4.27. The fourth-order valence-corrected chi connectivity index (χ4v) is 5.02. The molecule has 0 radical (unpaired) electrons. The van der Waals surface area contributed by atoms with Crippen molar-refractivity contribution in [1.29, 1.82) is 0 Å². The van der Waals surface area contributed by atoms with Crippen molar-refractivity contribution in [3.63, 3.8) is 0 Å². The maximum Gasteiger partial charge on any atom is 0.237 e. The average Bonchev–Trinajstić information content (AvgIpc) is 3.57. The third-order valence-corrected chi connectivity index (χ3v) is 6.74. The van der Waals surface area contributed by atoms with Gasteiger partial charge in [-0.05, 0) is 35.0 Å². The lowest BCUT2D eigenvalue weighted by Crippen LogP contribution is -2.01. The van der Waals surface area contributed by atoms with Gasteiger partial charge in [0.1, 0.15) is 5.75 Å². The zero-order valence-electron chi connectivity index (χ0n) is 15.8. The Morgan fingerprint density at radius 2 is 2.03 bits per heavy atom. The van der Waals surface area contributed by atoms with Crippen molar-refractivity contribution in [3.8, 4) is 33.5 Å². The summed E-state index contributed by atoms with van der Waals surface area (Å²) in [7, 11) is 1.66. The minimum Gasteiger partial charge on any atom is -0.495 e. The lowest BCUT2D eigenvalue weighted by atomic mass is 10.3. The topological polar surface area (TPSA) is 78.9 Å². The predicted molar refractivity (Wildman–Crippen MR) is 118 cm³/mol. The number of benzene rings is 1. The summed E-state index contributed by atoms with van der Waals surface area (Å²) in [6.07, 6.45) is 0. The molecular formula is C20H15N5O2S3. The van der Waals surface area contributed by atoms with Crippen LogP contribution >= 0.6 is 34.4 Å². The number of para-hydroxylation sites is 2. The van der Waals surface area contributed by atoms with E-state index in [2.05, 4.69) is 20.3 Å². The highest BCUT2D eigenvalue weighted by Crippen LogP contribution is 2.35. The quantitative estimate of drug-likeness (QED) is 0.305. The molecular weight excluding hydrogens is 438 g/mol. The molecule has 30 heavy (non-hydrogen) atoms. The van der Waals surface area contributed by atoms with E-state index in [1.165, 1.54) is 11.8 Å². The Kier molecular flexibility index (Phi) is 5.35. The van der Waals surface area contributed by atoms with Crippen LogP contribution in [0.25, 0.3) is 27.8 Å². The molecule has 0 atom stereocenters. The second-order valence-corrected chi connectivity index (χ2v) is 8.77. The molecule has 0 bridgehead atoms. The molecule has 0 spiro atoms. The van der Waals surface area contributed by atoms with Crippen molar-refractivity contribution in [3.05, 3.63) is 64.5 Å². The summed E-state index contributed by atoms with van der Waals surface area (Å²) in [6.45, 7) is 0. The molecule has 150 valence electrons. The number of hydrogen-bond acceptors (Lipinski definition) is 9. The number of ether oxygens (including phenoxy) is 1. The standard InChI is InChI=1S/C20H15N5O2S3/c1-26-15-6-3-2-5-14(15)25-19(16-7-4-9-29-16)22-23-20(25)30-12-17-21-18(24-27-17)13-8-10-28-11-13/h2-11H,12H2,1H3. The Labute approximate surface area is 184 Å². The van der Waals surface area contributed by atoms with E-state index in [-0.39, 0.29) is 0 Å². The number of hydrogen-bond donors (Lipinski definition) is 0. The van der Waals surface area contributed by atoms with Crippen molar-refractivity contribution in [2.75, 3.05) is 7.11 Å². The molecule has 0 aliphatic heterocycles. The van der Waals surface area contributed by atoms with Gasteiger partial charge in [0.15, 0.2) is 11.0 Å². The van der Waals surface area contributed by atoms with Crippen LogP contribution in [0.4, 0.5) is 0 Å². The molecule has 0 aliphatic rings. The van der Waals surface area contributed by atoms with Crippen molar-refractivity contribution in [1.82, 2.24) is 24.9 Å². The number of aromatic nitrogens is 5. The SMILES string of the molecule is COc1ccccc1-n1c(SCc2nc(-c3ccsc3)no2)nnc1-c1cccs1. The van der Waals surface area contributed by atoms with Crippen LogP contribution in [0.2, 0.25) is 0 Å². The van der Waals surface area contributed by atoms with Crippen molar-refractivity contribution in [2.24, 2.45) is 0 Å². The van der Waals surface area contributed by atoms with Crippen LogP contribution in [0.15, 0.2) is 68.3 Å². The lowest BCUT2D eigenvalue weighted by molar-refractivity contribution is 0.391. The molecule has 10 heteroatoms. The maximum absolute atomic E-state index is 5.58. The zero-order chi connectivity index (χ0) is 20.3. The largest absolute Gasteiger partial charge is 0.495 e. The highest BCUT2D eigenvalue weighted by atomic mass is 32.2. The maximum atomic E-state index is 5.58. The molecule has 5 aromatic rings. The molecule has 0 saturated carbocycles. The minimum absolute atomic E-state index is 0.481. The van der Waals surface area contributed by atoms with E-state index < -0.39 is 0 Å². The van der Waals surface area contributed by atoms with Crippen molar-refractivity contribution >= 4 is 34.4 Å². The van der Waals surface area contributed by atoms with Gasteiger partial charge in [-0.15, -0.1) is 21.5 Å². The number of rotatable bonds is 7. The molecule has 4 aromatic heterocycles. The smallest absolute Gasteiger partial charge is 0.237 e. The van der Waals surface area contributed by atoms with Gasteiger partial charge in [0.25, 0.3) is 0 Å². The molecule has 5 rings (SSSR count). The molecule has 0 amide bonds. The normalized spacial score (nSPS) is 11.1. The Balaban J connectivity index is 1.48. The second-order valence-electron chi connectivity index (χ2n) is 6.10. The van der Waals surface area contributed by atoms with Gasteiger partial charge in [0, 0.05) is 10.9 Å². The Morgan fingerprint density at radius 1 is 1.10 bits per heavy atom. The van der Waals surface area contributed by atoms with Crippen LogP contribution in [0.1, 0.15) is 5.89 Å². The Morgan fingerprint density at radius 3 is 2.83 bits per heavy atom. The summed E-state index contributed by atoms with van der Waals surface area (Å²) in [6, 6.07) is 13.8. The van der Waals surface area contributed by atoms with Crippen molar-refractivity contribution in [2.45, 2.75) is 10.9 Å². The van der Waals surface area contributed by atoms with E-state index in [4.69, 9.17) is 9.26 Å². The van der Waals surface area contributed by atoms with Crippen LogP contribution in [-0.2, 0) is 5.75 Å².